The van der Waals surface area contributed by atoms with Crippen LogP contribution in [-0.4, -0.2) is 48.4 Å². The van der Waals surface area contributed by atoms with Crippen molar-refractivity contribution in [3.63, 3.8) is 0 Å². The third kappa shape index (κ3) is 8.46. The Morgan fingerprint density at radius 2 is 1.59 bits per heavy atom. The van der Waals surface area contributed by atoms with Crippen molar-refractivity contribution in [1.29, 1.82) is 0 Å². The van der Waals surface area contributed by atoms with E-state index < -0.39 is 17.5 Å². The molecule has 8 nitrogen and oxygen atoms in total. The maximum atomic E-state index is 13.7. The molecule has 0 aliphatic rings. The number of carbonyl (C=O) groups is 3. The summed E-state index contributed by atoms with van der Waals surface area (Å²) in [4.78, 5) is 41.4. The third-order valence-electron chi connectivity index (χ3n) is 6.24. The Morgan fingerprint density at radius 1 is 0.949 bits per heavy atom. The average Bonchev–Trinajstić information content (AvgIpc) is 3.44. The lowest BCUT2D eigenvalue weighted by Gasteiger charge is -2.34. The van der Waals surface area contributed by atoms with Crippen molar-refractivity contribution >= 4 is 17.7 Å². The molecule has 39 heavy (non-hydrogen) atoms. The van der Waals surface area contributed by atoms with Gasteiger partial charge in [-0.25, -0.2) is 0 Å². The summed E-state index contributed by atoms with van der Waals surface area (Å²) in [5.41, 5.74) is 2.31. The standard InChI is InChI=1S/C31H39N3O5/c1-21(2)23-11-13-24(14-12-23)28(30(37)33-31(3,4)5)34(18-17-22-9-15-25(38-6)16-10-22)27(35)20-32-29(36)26-8-7-19-39-26/h7-16,19,21,28H,17-18,20H2,1-6H3,(H,32,36)(H,33,37)/t28-/m0/s1. The summed E-state index contributed by atoms with van der Waals surface area (Å²) >= 11 is 0. The van der Waals surface area contributed by atoms with Gasteiger partial charge in [0.15, 0.2) is 5.76 Å². The number of rotatable bonds is 11. The smallest absolute Gasteiger partial charge is 0.287 e. The van der Waals surface area contributed by atoms with Crippen LogP contribution in [0.3, 0.4) is 0 Å². The first-order valence-corrected chi connectivity index (χ1v) is 13.1. The normalized spacial score (nSPS) is 12.1. The van der Waals surface area contributed by atoms with Crippen LogP contribution in [0.2, 0.25) is 0 Å². The Balaban J connectivity index is 1.94. The second-order valence-corrected chi connectivity index (χ2v) is 10.8. The van der Waals surface area contributed by atoms with Crippen LogP contribution in [0.5, 0.6) is 5.75 Å². The van der Waals surface area contributed by atoms with Gasteiger partial charge in [0.1, 0.15) is 11.8 Å². The minimum atomic E-state index is -0.892. The van der Waals surface area contributed by atoms with Crippen LogP contribution in [0.25, 0.3) is 0 Å². The number of hydrogen-bond donors (Lipinski definition) is 2. The predicted octanol–water partition coefficient (Wildman–Crippen LogP) is 4.87. The first-order chi connectivity index (χ1) is 18.5. The second-order valence-electron chi connectivity index (χ2n) is 10.8. The molecule has 0 bridgehead atoms. The van der Waals surface area contributed by atoms with Gasteiger partial charge in [-0.3, -0.25) is 14.4 Å². The molecule has 1 atom stereocenters. The number of amides is 3. The molecule has 2 N–H and O–H groups in total. The molecule has 3 aromatic rings. The molecule has 1 aromatic heterocycles. The van der Waals surface area contributed by atoms with Gasteiger partial charge < -0.3 is 24.7 Å². The molecule has 0 aliphatic carbocycles. The average molecular weight is 534 g/mol. The van der Waals surface area contributed by atoms with E-state index in [4.69, 9.17) is 9.15 Å². The first kappa shape index (κ1) is 29.5. The molecular formula is C31H39N3O5. The molecule has 8 heteroatoms. The zero-order chi connectivity index (χ0) is 28.6. The van der Waals surface area contributed by atoms with Crippen molar-refractivity contribution in [2.24, 2.45) is 0 Å². The van der Waals surface area contributed by atoms with Crippen LogP contribution < -0.4 is 15.4 Å². The largest absolute Gasteiger partial charge is 0.497 e. The molecule has 0 spiro atoms. The Bertz CT molecular complexity index is 1230. The second kappa shape index (κ2) is 13.1. The maximum absolute atomic E-state index is 13.7. The van der Waals surface area contributed by atoms with Gasteiger partial charge in [-0.05, 0) is 74.1 Å². The number of ether oxygens (including phenoxy) is 1. The van der Waals surface area contributed by atoms with Crippen molar-refractivity contribution in [3.8, 4) is 5.75 Å². The molecular weight excluding hydrogens is 494 g/mol. The lowest BCUT2D eigenvalue weighted by Crippen LogP contribution is -2.51. The number of carbonyl (C=O) groups excluding carboxylic acids is 3. The van der Waals surface area contributed by atoms with Gasteiger partial charge in [-0.2, -0.15) is 0 Å². The summed E-state index contributed by atoms with van der Waals surface area (Å²) in [6.07, 6.45) is 1.90. The summed E-state index contributed by atoms with van der Waals surface area (Å²) in [7, 11) is 1.61. The van der Waals surface area contributed by atoms with E-state index in [0.29, 0.717) is 17.9 Å². The van der Waals surface area contributed by atoms with E-state index in [0.717, 1.165) is 16.9 Å². The minimum absolute atomic E-state index is 0.110. The lowest BCUT2D eigenvalue weighted by atomic mass is 9.96. The highest BCUT2D eigenvalue weighted by molar-refractivity contribution is 5.95. The molecule has 1 heterocycles. The van der Waals surface area contributed by atoms with Crippen molar-refractivity contribution in [2.45, 2.75) is 58.5 Å². The lowest BCUT2D eigenvalue weighted by molar-refractivity contribution is -0.140. The van der Waals surface area contributed by atoms with Gasteiger partial charge in [0, 0.05) is 12.1 Å². The van der Waals surface area contributed by atoms with E-state index >= 15 is 0 Å². The fourth-order valence-corrected chi connectivity index (χ4v) is 4.17. The van der Waals surface area contributed by atoms with Crippen molar-refractivity contribution in [1.82, 2.24) is 15.5 Å². The third-order valence-corrected chi connectivity index (χ3v) is 6.24. The van der Waals surface area contributed by atoms with Gasteiger partial charge >= 0.3 is 0 Å². The first-order valence-electron chi connectivity index (χ1n) is 13.1. The summed E-state index contributed by atoms with van der Waals surface area (Å²) in [6.45, 7) is 9.88. The van der Waals surface area contributed by atoms with Crippen LogP contribution >= 0.6 is 0 Å². The fraction of sp³-hybridized carbons (Fsp3) is 0.387. The number of nitrogens with zero attached hydrogens (tertiary/aromatic N) is 1. The van der Waals surface area contributed by atoms with E-state index in [1.165, 1.54) is 17.2 Å². The zero-order valence-corrected chi connectivity index (χ0v) is 23.6. The Kier molecular flexibility index (Phi) is 9.93. The molecule has 3 rings (SSSR count). The van der Waals surface area contributed by atoms with Gasteiger partial charge in [0.05, 0.1) is 19.9 Å². The van der Waals surface area contributed by atoms with Crippen LogP contribution in [0.4, 0.5) is 0 Å². The van der Waals surface area contributed by atoms with Crippen molar-refractivity contribution < 1.29 is 23.5 Å². The molecule has 0 saturated carbocycles. The number of methoxy groups -OCH3 is 1. The SMILES string of the molecule is COc1ccc(CCN(C(=O)CNC(=O)c2ccco2)[C@H](C(=O)NC(C)(C)C)c2ccc(C(C)C)cc2)cc1. The Morgan fingerprint density at radius 3 is 2.13 bits per heavy atom. The van der Waals surface area contributed by atoms with Crippen LogP contribution in [0, 0.1) is 0 Å². The van der Waals surface area contributed by atoms with Crippen LogP contribution in [0.15, 0.2) is 71.3 Å². The molecule has 0 fully saturated rings. The van der Waals surface area contributed by atoms with E-state index in [1.54, 1.807) is 13.2 Å². The predicted molar refractivity (Wildman–Crippen MR) is 151 cm³/mol. The Hall–Kier alpha value is -4.07. The minimum Gasteiger partial charge on any atom is -0.497 e. The summed E-state index contributed by atoms with van der Waals surface area (Å²) in [5, 5.41) is 5.66. The van der Waals surface area contributed by atoms with E-state index in [1.807, 2.05) is 69.3 Å². The summed E-state index contributed by atoms with van der Waals surface area (Å²) < 4.78 is 10.4. The number of furan rings is 1. The fourth-order valence-electron chi connectivity index (χ4n) is 4.17. The maximum Gasteiger partial charge on any atom is 0.287 e. The molecule has 0 aliphatic heterocycles. The number of nitrogens with one attached hydrogen (secondary N) is 2. The van der Waals surface area contributed by atoms with E-state index in [9.17, 15) is 14.4 Å². The topological polar surface area (TPSA) is 101 Å². The Labute approximate surface area is 230 Å². The highest BCUT2D eigenvalue weighted by Crippen LogP contribution is 2.26. The van der Waals surface area contributed by atoms with Gasteiger partial charge in [0.2, 0.25) is 11.8 Å². The van der Waals surface area contributed by atoms with E-state index in [2.05, 4.69) is 24.5 Å². The van der Waals surface area contributed by atoms with Gasteiger partial charge in [0.25, 0.3) is 5.91 Å². The van der Waals surface area contributed by atoms with Crippen molar-refractivity contribution in [2.75, 3.05) is 20.2 Å². The van der Waals surface area contributed by atoms with Crippen LogP contribution in [-0.2, 0) is 16.0 Å². The molecule has 208 valence electrons. The summed E-state index contributed by atoms with van der Waals surface area (Å²) in [6, 6.07) is 17.6. The summed E-state index contributed by atoms with van der Waals surface area (Å²) in [5.74, 6) is -0.00418. The molecule has 0 radical (unpaired) electrons. The van der Waals surface area contributed by atoms with Gasteiger partial charge in [-0.15, -0.1) is 0 Å². The van der Waals surface area contributed by atoms with Crippen molar-refractivity contribution in [3.05, 3.63) is 89.4 Å². The molecule has 3 amide bonds. The highest BCUT2D eigenvalue weighted by atomic mass is 16.5. The van der Waals surface area contributed by atoms with Gasteiger partial charge in [-0.1, -0.05) is 50.2 Å². The monoisotopic (exact) mass is 533 g/mol. The quantitative estimate of drug-likeness (QED) is 0.366. The molecule has 0 saturated heterocycles. The zero-order valence-electron chi connectivity index (χ0n) is 23.6. The van der Waals surface area contributed by atoms with E-state index in [-0.39, 0.29) is 30.7 Å². The number of benzene rings is 2. The molecule has 0 unspecified atom stereocenters. The molecule has 2 aromatic carbocycles. The number of hydrogen-bond acceptors (Lipinski definition) is 5. The van der Waals surface area contributed by atoms with Crippen LogP contribution in [0.1, 0.15) is 73.8 Å². The highest BCUT2D eigenvalue weighted by Gasteiger charge is 2.33.